The largest absolute Gasteiger partial charge is 0.396 e. The fourth-order valence-corrected chi connectivity index (χ4v) is 1.53. The number of halogens is 1. The van der Waals surface area contributed by atoms with E-state index in [4.69, 9.17) is 16.7 Å². The van der Waals surface area contributed by atoms with Gasteiger partial charge in [0.2, 0.25) is 5.91 Å². The third-order valence-corrected chi connectivity index (χ3v) is 2.39. The summed E-state index contributed by atoms with van der Waals surface area (Å²) < 4.78 is 0. The Balaban J connectivity index is 2.21. The number of rotatable bonds is 7. The van der Waals surface area contributed by atoms with Crippen LogP contribution in [0.4, 0.5) is 5.69 Å². The molecule has 0 aromatic heterocycles. The third-order valence-electron chi connectivity index (χ3n) is 2.16. The number of hydrogen-bond donors (Lipinski definition) is 3. The standard InChI is InChI=1S/C12H17ClN2O2/c13-10-4-3-5-11(8-10)15-12(17)9-14-6-1-2-7-16/h3-5,8,14,16H,1-2,6-7,9H2,(H,15,17). The highest BCUT2D eigenvalue weighted by Crippen LogP contribution is 2.14. The first-order valence-electron chi connectivity index (χ1n) is 5.59. The van der Waals surface area contributed by atoms with Gasteiger partial charge in [-0.25, -0.2) is 0 Å². The minimum absolute atomic E-state index is 0.101. The second-order valence-electron chi connectivity index (χ2n) is 3.67. The number of unbranched alkanes of at least 4 members (excludes halogenated alkanes) is 1. The summed E-state index contributed by atoms with van der Waals surface area (Å²) in [6, 6.07) is 7.03. The number of aliphatic hydroxyl groups is 1. The molecule has 0 saturated carbocycles. The zero-order valence-corrected chi connectivity index (χ0v) is 10.3. The summed E-state index contributed by atoms with van der Waals surface area (Å²) in [7, 11) is 0. The van der Waals surface area contributed by atoms with Crippen molar-refractivity contribution in [3.05, 3.63) is 29.3 Å². The van der Waals surface area contributed by atoms with Crippen molar-refractivity contribution in [2.45, 2.75) is 12.8 Å². The minimum Gasteiger partial charge on any atom is -0.396 e. The van der Waals surface area contributed by atoms with E-state index < -0.39 is 0 Å². The van der Waals surface area contributed by atoms with Gasteiger partial charge in [0.25, 0.3) is 0 Å². The molecule has 1 rings (SSSR count). The van der Waals surface area contributed by atoms with Gasteiger partial charge in [0.1, 0.15) is 0 Å². The maximum atomic E-state index is 11.5. The highest BCUT2D eigenvalue weighted by Gasteiger charge is 2.01. The van der Waals surface area contributed by atoms with E-state index in [9.17, 15) is 4.79 Å². The molecule has 0 heterocycles. The summed E-state index contributed by atoms with van der Waals surface area (Å²) in [4.78, 5) is 11.5. The van der Waals surface area contributed by atoms with Crippen molar-refractivity contribution in [1.29, 1.82) is 0 Å². The maximum absolute atomic E-state index is 11.5. The van der Waals surface area contributed by atoms with Crippen LogP contribution in [0.3, 0.4) is 0 Å². The zero-order valence-electron chi connectivity index (χ0n) is 9.58. The van der Waals surface area contributed by atoms with Crippen LogP contribution in [-0.2, 0) is 4.79 Å². The van der Waals surface area contributed by atoms with Crippen LogP contribution in [0.15, 0.2) is 24.3 Å². The van der Waals surface area contributed by atoms with Crippen LogP contribution in [0.5, 0.6) is 0 Å². The van der Waals surface area contributed by atoms with Crippen LogP contribution in [0.1, 0.15) is 12.8 Å². The number of aliphatic hydroxyl groups excluding tert-OH is 1. The number of carbonyl (C=O) groups is 1. The van der Waals surface area contributed by atoms with Gasteiger partial charge in [-0.2, -0.15) is 0 Å². The van der Waals surface area contributed by atoms with E-state index in [1.807, 2.05) is 0 Å². The molecule has 0 bridgehead atoms. The van der Waals surface area contributed by atoms with Gasteiger partial charge in [-0.15, -0.1) is 0 Å². The lowest BCUT2D eigenvalue weighted by atomic mass is 10.3. The monoisotopic (exact) mass is 256 g/mol. The van der Waals surface area contributed by atoms with Crippen LogP contribution in [0.2, 0.25) is 5.02 Å². The molecule has 0 spiro atoms. The highest BCUT2D eigenvalue weighted by molar-refractivity contribution is 6.30. The molecule has 1 aromatic carbocycles. The molecule has 0 aliphatic heterocycles. The molecule has 1 amide bonds. The molecule has 3 N–H and O–H groups in total. The van der Waals surface area contributed by atoms with E-state index >= 15 is 0 Å². The molecule has 1 aromatic rings. The summed E-state index contributed by atoms with van der Waals surface area (Å²) in [6.07, 6.45) is 1.61. The molecule has 0 atom stereocenters. The second kappa shape index (κ2) is 8.06. The molecular weight excluding hydrogens is 240 g/mol. The van der Waals surface area contributed by atoms with Gasteiger partial charge in [0.05, 0.1) is 6.54 Å². The van der Waals surface area contributed by atoms with Gasteiger partial charge in [0.15, 0.2) is 0 Å². The van der Waals surface area contributed by atoms with E-state index in [0.717, 1.165) is 19.4 Å². The zero-order chi connectivity index (χ0) is 12.5. The first-order valence-corrected chi connectivity index (χ1v) is 5.97. The van der Waals surface area contributed by atoms with E-state index in [-0.39, 0.29) is 19.1 Å². The van der Waals surface area contributed by atoms with Crippen LogP contribution >= 0.6 is 11.6 Å². The molecule has 4 nitrogen and oxygen atoms in total. The Morgan fingerprint density at radius 2 is 2.18 bits per heavy atom. The predicted molar refractivity (Wildman–Crippen MR) is 69.3 cm³/mol. The number of nitrogens with one attached hydrogen (secondary N) is 2. The first-order chi connectivity index (χ1) is 8.22. The Hall–Kier alpha value is -1.10. The summed E-state index contributed by atoms with van der Waals surface area (Å²) in [5.74, 6) is -0.101. The number of amides is 1. The normalized spacial score (nSPS) is 10.2. The third kappa shape index (κ3) is 6.26. The summed E-state index contributed by atoms with van der Waals surface area (Å²) >= 11 is 5.80. The van der Waals surface area contributed by atoms with Gasteiger partial charge in [0, 0.05) is 17.3 Å². The number of anilines is 1. The molecule has 0 saturated heterocycles. The lowest BCUT2D eigenvalue weighted by Crippen LogP contribution is -2.28. The Kier molecular flexibility index (Phi) is 6.62. The Morgan fingerprint density at radius 3 is 2.88 bits per heavy atom. The quantitative estimate of drug-likeness (QED) is 0.650. The number of carbonyl (C=O) groups excluding carboxylic acids is 1. The topological polar surface area (TPSA) is 61.4 Å². The SMILES string of the molecule is O=C(CNCCCCO)Nc1cccc(Cl)c1. The molecule has 0 fully saturated rings. The summed E-state index contributed by atoms with van der Waals surface area (Å²) in [5, 5.41) is 14.9. The van der Waals surface area contributed by atoms with Gasteiger partial charge in [-0.05, 0) is 37.6 Å². The van der Waals surface area contributed by atoms with Crippen molar-refractivity contribution in [2.24, 2.45) is 0 Å². The molecule has 0 aliphatic carbocycles. The maximum Gasteiger partial charge on any atom is 0.238 e. The first kappa shape index (κ1) is 14.0. The lowest BCUT2D eigenvalue weighted by Gasteiger charge is -2.06. The van der Waals surface area contributed by atoms with Crippen molar-refractivity contribution in [2.75, 3.05) is 25.0 Å². The van der Waals surface area contributed by atoms with Crippen molar-refractivity contribution in [3.8, 4) is 0 Å². The van der Waals surface area contributed by atoms with Crippen molar-refractivity contribution in [1.82, 2.24) is 5.32 Å². The van der Waals surface area contributed by atoms with Gasteiger partial charge >= 0.3 is 0 Å². The molecule has 17 heavy (non-hydrogen) atoms. The van der Waals surface area contributed by atoms with Gasteiger partial charge in [-0.1, -0.05) is 17.7 Å². The van der Waals surface area contributed by atoms with E-state index in [0.29, 0.717) is 10.7 Å². The lowest BCUT2D eigenvalue weighted by molar-refractivity contribution is -0.115. The molecule has 0 unspecified atom stereocenters. The van der Waals surface area contributed by atoms with Crippen molar-refractivity contribution < 1.29 is 9.90 Å². The Labute approximate surface area is 106 Å². The average molecular weight is 257 g/mol. The number of hydrogen-bond acceptors (Lipinski definition) is 3. The van der Waals surface area contributed by atoms with Gasteiger partial charge < -0.3 is 15.7 Å². The summed E-state index contributed by atoms with van der Waals surface area (Å²) in [6.45, 7) is 1.18. The highest BCUT2D eigenvalue weighted by atomic mass is 35.5. The van der Waals surface area contributed by atoms with Crippen molar-refractivity contribution >= 4 is 23.2 Å². The Bertz CT molecular complexity index is 358. The molecule has 0 aliphatic rings. The van der Waals surface area contributed by atoms with Crippen LogP contribution < -0.4 is 10.6 Å². The van der Waals surface area contributed by atoms with E-state index in [1.54, 1.807) is 24.3 Å². The molecule has 94 valence electrons. The Morgan fingerprint density at radius 1 is 1.35 bits per heavy atom. The van der Waals surface area contributed by atoms with Gasteiger partial charge in [-0.3, -0.25) is 4.79 Å². The molecule has 0 radical (unpaired) electrons. The molecule has 5 heteroatoms. The predicted octanol–water partition coefficient (Wildman–Crippen LogP) is 1.64. The van der Waals surface area contributed by atoms with Crippen LogP contribution in [0.25, 0.3) is 0 Å². The number of benzene rings is 1. The van der Waals surface area contributed by atoms with E-state index in [2.05, 4.69) is 10.6 Å². The van der Waals surface area contributed by atoms with Crippen LogP contribution in [-0.4, -0.2) is 30.7 Å². The van der Waals surface area contributed by atoms with Crippen molar-refractivity contribution in [3.63, 3.8) is 0 Å². The minimum atomic E-state index is -0.101. The second-order valence-corrected chi connectivity index (χ2v) is 4.10. The van der Waals surface area contributed by atoms with E-state index in [1.165, 1.54) is 0 Å². The molecular formula is C12H17ClN2O2. The fourth-order valence-electron chi connectivity index (χ4n) is 1.34. The average Bonchev–Trinajstić information content (AvgIpc) is 2.29. The summed E-state index contributed by atoms with van der Waals surface area (Å²) in [5.41, 5.74) is 0.694. The fraction of sp³-hybridized carbons (Fsp3) is 0.417. The smallest absolute Gasteiger partial charge is 0.238 e. The van der Waals surface area contributed by atoms with Crippen LogP contribution in [0, 0.1) is 0 Å².